The summed E-state index contributed by atoms with van der Waals surface area (Å²) < 4.78 is 4.45. The lowest BCUT2D eigenvalue weighted by Crippen LogP contribution is -2.49. The Kier molecular flexibility index (Phi) is 6.45. The van der Waals surface area contributed by atoms with Gasteiger partial charge in [-0.05, 0) is 17.5 Å². The number of carbonyl (C=O) groups is 1. The van der Waals surface area contributed by atoms with E-state index in [2.05, 4.69) is 4.90 Å². The molecule has 186 valence electrons. The van der Waals surface area contributed by atoms with Gasteiger partial charge < -0.3 is 9.80 Å². The number of carbonyl (C=O) groups excluding carboxylic acids is 1. The smallest absolute Gasteiger partial charge is 0.332 e. The maximum Gasteiger partial charge on any atom is 0.332 e. The van der Waals surface area contributed by atoms with Crippen LogP contribution in [-0.4, -0.2) is 55.7 Å². The fourth-order valence-electron chi connectivity index (χ4n) is 4.80. The molecule has 9 nitrogen and oxygen atoms in total. The Morgan fingerprint density at radius 2 is 1.44 bits per heavy atom. The number of aryl methyl sites for hydroxylation is 2. The summed E-state index contributed by atoms with van der Waals surface area (Å²) in [5.74, 6) is 0.788. The van der Waals surface area contributed by atoms with Crippen molar-refractivity contribution in [3.05, 3.63) is 92.6 Å². The first-order valence-electron chi connectivity index (χ1n) is 12.2. The van der Waals surface area contributed by atoms with E-state index in [0.29, 0.717) is 56.3 Å². The van der Waals surface area contributed by atoms with Crippen LogP contribution in [0.4, 0.5) is 5.95 Å². The zero-order valence-electron chi connectivity index (χ0n) is 20.6. The molecule has 0 unspecified atom stereocenters. The third-order valence-electron chi connectivity index (χ3n) is 6.90. The molecule has 1 amide bonds. The SMILES string of the molecule is Cn1c(=O)c2c(nc(N3CCN(C(=O)CCc4ccccc4)CC3)n2Cc2ccccc2)n(C)c1=O. The van der Waals surface area contributed by atoms with Gasteiger partial charge in [-0.2, -0.15) is 4.98 Å². The van der Waals surface area contributed by atoms with Gasteiger partial charge >= 0.3 is 5.69 Å². The van der Waals surface area contributed by atoms with E-state index in [1.54, 1.807) is 7.05 Å². The molecule has 1 saturated heterocycles. The highest BCUT2D eigenvalue weighted by molar-refractivity contribution is 5.77. The predicted molar refractivity (Wildman–Crippen MR) is 139 cm³/mol. The lowest BCUT2D eigenvalue weighted by atomic mass is 10.1. The number of piperazine rings is 1. The molecule has 1 aliphatic rings. The summed E-state index contributed by atoms with van der Waals surface area (Å²) in [4.78, 5) is 47.3. The number of benzene rings is 2. The average Bonchev–Trinajstić information content (AvgIpc) is 3.29. The highest BCUT2D eigenvalue weighted by Crippen LogP contribution is 2.23. The first-order chi connectivity index (χ1) is 17.4. The number of hydrogen-bond acceptors (Lipinski definition) is 5. The van der Waals surface area contributed by atoms with Crippen LogP contribution in [0.1, 0.15) is 17.5 Å². The molecule has 4 aromatic rings. The highest BCUT2D eigenvalue weighted by atomic mass is 16.2. The number of rotatable bonds is 6. The zero-order valence-corrected chi connectivity index (χ0v) is 20.6. The third-order valence-corrected chi connectivity index (χ3v) is 6.90. The molecule has 0 N–H and O–H groups in total. The van der Waals surface area contributed by atoms with Crippen LogP contribution < -0.4 is 16.1 Å². The average molecular weight is 487 g/mol. The van der Waals surface area contributed by atoms with E-state index in [9.17, 15) is 14.4 Å². The van der Waals surface area contributed by atoms with Crippen molar-refractivity contribution in [2.24, 2.45) is 14.1 Å². The van der Waals surface area contributed by atoms with Crippen molar-refractivity contribution in [1.82, 2.24) is 23.6 Å². The number of nitrogens with zero attached hydrogens (tertiary/aromatic N) is 6. The maximum atomic E-state index is 13.2. The normalized spacial score (nSPS) is 13.9. The molecule has 0 aliphatic carbocycles. The minimum absolute atomic E-state index is 0.146. The number of aromatic nitrogens is 4. The fourth-order valence-corrected chi connectivity index (χ4v) is 4.80. The van der Waals surface area contributed by atoms with Gasteiger partial charge in [-0.1, -0.05) is 60.7 Å². The first-order valence-corrected chi connectivity index (χ1v) is 12.2. The van der Waals surface area contributed by atoms with Gasteiger partial charge in [0.15, 0.2) is 11.2 Å². The Morgan fingerprint density at radius 1 is 0.833 bits per heavy atom. The second-order valence-corrected chi connectivity index (χ2v) is 9.21. The lowest BCUT2D eigenvalue weighted by molar-refractivity contribution is -0.131. The Bertz CT molecular complexity index is 1500. The van der Waals surface area contributed by atoms with Crippen molar-refractivity contribution < 1.29 is 4.79 Å². The van der Waals surface area contributed by atoms with E-state index in [4.69, 9.17) is 4.98 Å². The van der Waals surface area contributed by atoms with Crippen molar-refractivity contribution in [3.8, 4) is 0 Å². The van der Waals surface area contributed by atoms with Gasteiger partial charge in [0.05, 0.1) is 6.54 Å². The van der Waals surface area contributed by atoms with Gasteiger partial charge in [0.1, 0.15) is 0 Å². The highest BCUT2D eigenvalue weighted by Gasteiger charge is 2.27. The Labute approximate surface area is 208 Å². The van der Waals surface area contributed by atoms with E-state index in [1.165, 1.54) is 11.6 Å². The topological polar surface area (TPSA) is 85.4 Å². The fraction of sp³-hybridized carbons (Fsp3) is 0.333. The Balaban J connectivity index is 1.41. The van der Waals surface area contributed by atoms with Crippen LogP contribution >= 0.6 is 0 Å². The second kappa shape index (κ2) is 9.85. The summed E-state index contributed by atoms with van der Waals surface area (Å²) in [6, 6.07) is 19.9. The largest absolute Gasteiger partial charge is 0.339 e. The van der Waals surface area contributed by atoms with E-state index in [-0.39, 0.29) is 11.5 Å². The molecule has 0 bridgehead atoms. The Morgan fingerprint density at radius 3 is 2.08 bits per heavy atom. The summed E-state index contributed by atoms with van der Waals surface area (Å²) in [6.07, 6.45) is 1.21. The molecule has 3 heterocycles. The predicted octanol–water partition coefficient (Wildman–Crippen LogP) is 1.76. The van der Waals surface area contributed by atoms with Gasteiger partial charge in [0.2, 0.25) is 11.9 Å². The zero-order chi connectivity index (χ0) is 25.2. The van der Waals surface area contributed by atoms with Gasteiger partial charge in [-0.15, -0.1) is 0 Å². The molecule has 0 saturated carbocycles. The quantitative estimate of drug-likeness (QED) is 0.415. The summed E-state index contributed by atoms with van der Waals surface area (Å²) in [5.41, 5.74) is 2.19. The van der Waals surface area contributed by atoms with Crippen LogP contribution in [0.15, 0.2) is 70.3 Å². The van der Waals surface area contributed by atoms with Crippen molar-refractivity contribution in [2.45, 2.75) is 19.4 Å². The van der Waals surface area contributed by atoms with Crippen molar-refractivity contribution in [3.63, 3.8) is 0 Å². The summed E-state index contributed by atoms with van der Waals surface area (Å²) in [5, 5.41) is 0. The standard InChI is InChI=1S/C27H30N6O3/c1-29-24-23(25(35)30(2)27(29)36)33(19-21-11-7-4-8-12-21)26(28-24)32-17-15-31(16-18-32)22(34)14-13-20-9-5-3-6-10-20/h3-12H,13-19H2,1-2H3. The van der Waals surface area contributed by atoms with Crippen LogP contribution in [0.25, 0.3) is 11.2 Å². The summed E-state index contributed by atoms with van der Waals surface area (Å²) in [7, 11) is 3.13. The maximum absolute atomic E-state index is 13.2. The van der Waals surface area contributed by atoms with E-state index in [0.717, 1.165) is 22.1 Å². The number of amides is 1. The molecule has 0 atom stereocenters. The van der Waals surface area contributed by atoms with Crippen LogP contribution in [0.3, 0.4) is 0 Å². The second-order valence-electron chi connectivity index (χ2n) is 9.21. The van der Waals surface area contributed by atoms with Gasteiger partial charge in [-0.25, -0.2) is 4.79 Å². The van der Waals surface area contributed by atoms with Crippen LogP contribution in [0.2, 0.25) is 0 Å². The van der Waals surface area contributed by atoms with Gasteiger partial charge in [0, 0.05) is 46.7 Å². The summed E-state index contributed by atoms with van der Waals surface area (Å²) >= 11 is 0. The molecule has 1 aliphatic heterocycles. The molecule has 5 rings (SSSR count). The number of imidazole rings is 1. The molecule has 1 fully saturated rings. The molecule has 36 heavy (non-hydrogen) atoms. The number of hydrogen-bond donors (Lipinski definition) is 0. The molecule has 2 aromatic carbocycles. The van der Waals surface area contributed by atoms with Gasteiger partial charge in [-0.3, -0.25) is 23.3 Å². The minimum atomic E-state index is -0.405. The van der Waals surface area contributed by atoms with E-state index >= 15 is 0 Å². The van der Waals surface area contributed by atoms with Gasteiger partial charge in [0.25, 0.3) is 5.56 Å². The third kappa shape index (κ3) is 4.44. The lowest BCUT2D eigenvalue weighted by Gasteiger charge is -2.35. The monoisotopic (exact) mass is 486 g/mol. The molecular formula is C27H30N6O3. The van der Waals surface area contributed by atoms with E-state index in [1.807, 2.05) is 70.1 Å². The number of fused-ring (bicyclic) bond motifs is 1. The van der Waals surface area contributed by atoms with E-state index < -0.39 is 5.69 Å². The van der Waals surface area contributed by atoms with Crippen LogP contribution in [0.5, 0.6) is 0 Å². The molecule has 0 radical (unpaired) electrons. The van der Waals surface area contributed by atoms with Crippen LogP contribution in [-0.2, 0) is 31.9 Å². The van der Waals surface area contributed by atoms with Crippen molar-refractivity contribution in [1.29, 1.82) is 0 Å². The summed E-state index contributed by atoms with van der Waals surface area (Å²) in [6.45, 7) is 2.82. The van der Waals surface area contributed by atoms with Crippen molar-refractivity contribution in [2.75, 3.05) is 31.1 Å². The Hall–Kier alpha value is -4.14. The molecular weight excluding hydrogens is 456 g/mol. The van der Waals surface area contributed by atoms with Crippen molar-refractivity contribution >= 4 is 23.0 Å². The minimum Gasteiger partial charge on any atom is -0.339 e. The molecule has 9 heteroatoms. The first kappa shape index (κ1) is 23.6. The molecule has 2 aromatic heterocycles. The number of anilines is 1. The van der Waals surface area contributed by atoms with Crippen LogP contribution in [0, 0.1) is 0 Å². The molecule has 0 spiro atoms.